The summed E-state index contributed by atoms with van der Waals surface area (Å²) in [4.78, 5) is 27.9. The number of thiophene rings is 1. The Morgan fingerprint density at radius 1 is 1.35 bits per heavy atom. The van der Waals surface area contributed by atoms with Crippen LogP contribution in [-0.4, -0.2) is 34.5 Å². The van der Waals surface area contributed by atoms with Gasteiger partial charge in [-0.3, -0.25) is 4.79 Å². The van der Waals surface area contributed by atoms with Gasteiger partial charge in [0.15, 0.2) is 5.78 Å². The van der Waals surface area contributed by atoms with Gasteiger partial charge < -0.3 is 9.64 Å². The first-order chi connectivity index (χ1) is 10.7. The molecule has 128 valence electrons. The fourth-order valence-corrected chi connectivity index (χ4v) is 3.93. The Morgan fingerprint density at radius 3 is 2.61 bits per heavy atom. The smallest absolute Gasteiger partial charge is 0.410 e. The van der Waals surface area contributed by atoms with Gasteiger partial charge in [-0.2, -0.15) is 0 Å². The zero-order chi connectivity index (χ0) is 17.2. The molecule has 1 aliphatic rings. The second-order valence-electron chi connectivity index (χ2n) is 7.37. The topological polar surface area (TPSA) is 46.6 Å². The molecule has 4 nitrogen and oxygen atoms in total. The summed E-state index contributed by atoms with van der Waals surface area (Å²) in [5, 5.41) is 1.91. The zero-order valence-electron chi connectivity index (χ0n) is 14.7. The van der Waals surface area contributed by atoms with Crippen molar-refractivity contribution < 1.29 is 14.3 Å². The SMILES string of the molecule is CC(C(=O)c1cccs1)C1CCCC(C)N1C(=O)OC(C)(C)C. The number of Topliss-reactive ketones (excluding diaryl/α,β-unsaturated/α-hetero) is 1. The molecule has 0 N–H and O–H groups in total. The van der Waals surface area contributed by atoms with Crippen molar-refractivity contribution in [2.75, 3.05) is 0 Å². The normalized spacial score (nSPS) is 23.4. The highest BCUT2D eigenvalue weighted by Gasteiger charge is 2.39. The standard InChI is InChI=1S/C18H27NO3S/c1-12-8-6-9-14(19(12)17(21)22-18(3,4)5)13(2)16(20)15-10-7-11-23-15/h7,10-14H,6,8-9H2,1-5H3. The molecule has 1 fully saturated rings. The maximum absolute atomic E-state index is 12.7. The molecule has 0 radical (unpaired) electrons. The van der Waals surface area contributed by atoms with E-state index in [1.165, 1.54) is 11.3 Å². The van der Waals surface area contributed by atoms with Crippen LogP contribution in [0, 0.1) is 5.92 Å². The van der Waals surface area contributed by atoms with Gasteiger partial charge in [0.05, 0.1) is 4.88 Å². The summed E-state index contributed by atoms with van der Waals surface area (Å²) in [6.45, 7) is 9.58. The third-order valence-corrected chi connectivity index (χ3v) is 5.20. The maximum atomic E-state index is 12.7. The fourth-order valence-electron chi connectivity index (χ4n) is 3.17. The summed E-state index contributed by atoms with van der Waals surface area (Å²) in [6.07, 6.45) is 2.53. The van der Waals surface area contributed by atoms with Crippen molar-refractivity contribution in [2.45, 2.75) is 71.6 Å². The number of piperidine rings is 1. The zero-order valence-corrected chi connectivity index (χ0v) is 15.5. The van der Waals surface area contributed by atoms with Crippen LogP contribution in [0.15, 0.2) is 17.5 Å². The van der Waals surface area contributed by atoms with Crippen LogP contribution in [0.1, 0.15) is 63.6 Å². The molecule has 23 heavy (non-hydrogen) atoms. The second kappa shape index (κ2) is 7.04. The molecule has 1 aliphatic heterocycles. The number of carbonyl (C=O) groups excluding carboxylic acids is 2. The first kappa shape index (κ1) is 18.0. The van der Waals surface area contributed by atoms with Crippen molar-refractivity contribution in [1.82, 2.24) is 4.90 Å². The number of carbonyl (C=O) groups is 2. The summed E-state index contributed by atoms with van der Waals surface area (Å²) >= 11 is 1.46. The average Bonchev–Trinajstić information content (AvgIpc) is 2.97. The minimum absolute atomic E-state index is 0.0943. The van der Waals surface area contributed by atoms with Crippen LogP contribution in [0.4, 0.5) is 4.79 Å². The monoisotopic (exact) mass is 337 g/mol. The lowest BCUT2D eigenvalue weighted by molar-refractivity contribution is -0.00965. The predicted molar refractivity (Wildman–Crippen MR) is 93.0 cm³/mol. The van der Waals surface area contributed by atoms with E-state index in [1.807, 2.05) is 52.1 Å². The Balaban J connectivity index is 2.19. The molecule has 0 aromatic carbocycles. The van der Waals surface area contributed by atoms with E-state index in [1.54, 1.807) is 4.90 Å². The van der Waals surface area contributed by atoms with Crippen LogP contribution in [-0.2, 0) is 4.74 Å². The van der Waals surface area contributed by atoms with E-state index in [4.69, 9.17) is 4.74 Å². The molecular weight excluding hydrogens is 310 g/mol. The minimum atomic E-state index is -0.528. The third-order valence-electron chi connectivity index (χ3n) is 4.31. The lowest BCUT2D eigenvalue weighted by Gasteiger charge is -2.43. The highest BCUT2D eigenvalue weighted by Crippen LogP contribution is 2.31. The van der Waals surface area contributed by atoms with Gasteiger partial charge in [0, 0.05) is 18.0 Å². The molecule has 1 aromatic heterocycles. The van der Waals surface area contributed by atoms with Crippen LogP contribution in [0.25, 0.3) is 0 Å². The molecule has 1 amide bonds. The van der Waals surface area contributed by atoms with Gasteiger partial charge in [-0.25, -0.2) is 4.79 Å². The molecule has 0 aliphatic carbocycles. The van der Waals surface area contributed by atoms with Gasteiger partial charge in [0.2, 0.25) is 0 Å². The summed E-state index contributed by atoms with van der Waals surface area (Å²) in [7, 11) is 0. The Bertz CT molecular complexity index is 547. The number of nitrogens with zero attached hydrogens (tertiary/aromatic N) is 1. The molecular formula is C18H27NO3S. The average molecular weight is 337 g/mol. The van der Waals surface area contributed by atoms with E-state index in [9.17, 15) is 9.59 Å². The minimum Gasteiger partial charge on any atom is -0.444 e. The molecule has 2 rings (SSSR count). The lowest BCUT2D eigenvalue weighted by atomic mass is 9.86. The number of rotatable bonds is 3. The van der Waals surface area contributed by atoms with Crippen molar-refractivity contribution in [3.05, 3.63) is 22.4 Å². The molecule has 1 saturated heterocycles. The summed E-state index contributed by atoms with van der Waals surface area (Å²) < 4.78 is 5.58. The van der Waals surface area contributed by atoms with Gasteiger partial charge in [0.25, 0.3) is 0 Å². The van der Waals surface area contributed by atoms with Gasteiger partial charge in [-0.15, -0.1) is 11.3 Å². The van der Waals surface area contributed by atoms with E-state index in [0.717, 1.165) is 24.1 Å². The van der Waals surface area contributed by atoms with Crippen molar-refractivity contribution in [2.24, 2.45) is 5.92 Å². The van der Waals surface area contributed by atoms with Crippen LogP contribution in [0.2, 0.25) is 0 Å². The van der Waals surface area contributed by atoms with E-state index in [0.29, 0.717) is 0 Å². The molecule has 2 heterocycles. The molecule has 3 atom stereocenters. The number of hydrogen-bond donors (Lipinski definition) is 0. The van der Waals surface area contributed by atoms with Crippen LogP contribution in [0.5, 0.6) is 0 Å². The number of ketones is 1. The fraction of sp³-hybridized carbons (Fsp3) is 0.667. The van der Waals surface area contributed by atoms with Crippen molar-refractivity contribution in [3.63, 3.8) is 0 Å². The van der Waals surface area contributed by atoms with Crippen LogP contribution < -0.4 is 0 Å². The van der Waals surface area contributed by atoms with Crippen molar-refractivity contribution in [3.8, 4) is 0 Å². The Labute approximate surface area is 142 Å². The predicted octanol–water partition coefficient (Wildman–Crippen LogP) is 4.75. The van der Waals surface area contributed by atoms with E-state index in [-0.39, 0.29) is 29.9 Å². The first-order valence-electron chi connectivity index (χ1n) is 8.29. The molecule has 0 saturated carbocycles. The van der Waals surface area contributed by atoms with Gasteiger partial charge in [0.1, 0.15) is 5.60 Å². The highest BCUT2D eigenvalue weighted by atomic mass is 32.1. The quantitative estimate of drug-likeness (QED) is 0.748. The van der Waals surface area contributed by atoms with Gasteiger partial charge in [-0.1, -0.05) is 13.0 Å². The molecule has 1 aromatic rings. The highest BCUT2D eigenvalue weighted by molar-refractivity contribution is 7.12. The van der Waals surface area contributed by atoms with Crippen molar-refractivity contribution in [1.29, 1.82) is 0 Å². The molecule has 0 spiro atoms. The Hall–Kier alpha value is -1.36. The Kier molecular flexibility index (Phi) is 5.50. The third kappa shape index (κ3) is 4.34. The number of amides is 1. The van der Waals surface area contributed by atoms with Gasteiger partial charge in [-0.05, 0) is 58.4 Å². The molecule has 0 bridgehead atoms. The lowest BCUT2D eigenvalue weighted by Crippen LogP contribution is -2.54. The van der Waals surface area contributed by atoms with Crippen molar-refractivity contribution >= 4 is 23.2 Å². The van der Waals surface area contributed by atoms with Gasteiger partial charge >= 0.3 is 6.09 Å². The van der Waals surface area contributed by atoms with E-state index < -0.39 is 5.60 Å². The number of hydrogen-bond acceptors (Lipinski definition) is 4. The number of ether oxygens (including phenoxy) is 1. The summed E-state index contributed by atoms with van der Waals surface area (Å²) in [5.74, 6) is -0.100. The largest absolute Gasteiger partial charge is 0.444 e. The number of likely N-dealkylation sites (tertiary alicyclic amines) is 1. The van der Waals surface area contributed by atoms with Crippen LogP contribution >= 0.6 is 11.3 Å². The maximum Gasteiger partial charge on any atom is 0.410 e. The van der Waals surface area contributed by atoms with E-state index in [2.05, 4.69) is 0 Å². The summed E-state index contributed by atoms with van der Waals surface area (Å²) in [6, 6.07) is 3.75. The van der Waals surface area contributed by atoms with Crippen LogP contribution in [0.3, 0.4) is 0 Å². The molecule has 5 heteroatoms. The first-order valence-corrected chi connectivity index (χ1v) is 9.17. The summed E-state index contributed by atoms with van der Waals surface area (Å²) in [5.41, 5.74) is -0.528. The van der Waals surface area contributed by atoms with E-state index >= 15 is 0 Å². The Morgan fingerprint density at radius 2 is 2.04 bits per heavy atom. The molecule has 3 unspecified atom stereocenters. The second-order valence-corrected chi connectivity index (χ2v) is 8.31.